The van der Waals surface area contributed by atoms with Crippen LogP contribution in [0.25, 0.3) is 0 Å². The summed E-state index contributed by atoms with van der Waals surface area (Å²) in [5, 5.41) is 6.53. The Morgan fingerprint density at radius 2 is 1.80 bits per heavy atom. The van der Waals surface area contributed by atoms with E-state index < -0.39 is 21.5 Å². The fraction of sp³-hybridized carbons (Fsp3) is 0.471. The van der Waals surface area contributed by atoms with Crippen molar-refractivity contribution in [3.63, 3.8) is 0 Å². The highest BCUT2D eigenvalue weighted by molar-refractivity contribution is 7.90. The number of aromatic nitrogens is 2. The zero-order chi connectivity index (χ0) is 17.7. The smallest absolute Gasteiger partial charge is 0.315 e. The number of nitrogens with zero attached hydrogens (tertiary/aromatic N) is 2. The Bertz CT molecular complexity index is 809. The fourth-order valence-electron chi connectivity index (χ4n) is 2.96. The molecule has 0 saturated heterocycles. The number of sulfone groups is 1. The first-order chi connectivity index (χ1) is 12.0. The van der Waals surface area contributed by atoms with Crippen molar-refractivity contribution in [1.29, 1.82) is 0 Å². The number of benzene rings is 1. The van der Waals surface area contributed by atoms with Gasteiger partial charge in [-0.05, 0) is 25.0 Å². The molecule has 0 atom stereocenters. The molecule has 1 aromatic heterocycles. The molecule has 2 aromatic rings. The van der Waals surface area contributed by atoms with Crippen LogP contribution in [0.1, 0.15) is 55.0 Å². The first kappa shape index (κ1) is 17.6. The van der Waals surface area contributed by atoms with Crippen LogP contribution in [-0.4, -0.2) is 30.5 Å². The van der Waals surface area contributed by atoms with Gasteiger partial charge in [-0.1, -0.05) is 49.0 Å². The third-order valence-corrected chi connectivity index (χ3v) is 5.90. The number of hydrogen-bond acceptors (Lipinski definition) is 6. The Kier molecular flexibility index (Phi) is 5.47. The van der Waals surface area contributed by atoms with Crippen molar-refractivity contribution in [2.45, 2.75) is 55.2 Å². The van der Waals surface area contributed by atoms with Gasteiger partial charge in [-0.25, -0.2) is 8.42 Å². The third-order valence-electron chi connectivity index (χ3n) is 4.27. The molecule has 3 rings (SSSR count). The van der Waals surface area contributed by atoms with Gasteiger partial charge in [-0.15, -0.1) is 0 Å². The van der Waals surface area contributed by atoms with Gasteiger partial charge in [0.15, 0.2) is 15.7 Å². The highest BCUT2D eigenvalue weighted by Gasteiger charge is 2.23. The van der Waals surface area contributed by atoms with Crippen LogP contribution >= 0.6 is 0 Å². The monoisotopic (exact) mass is 363 g/mol. The largest absolute Gasteiger partial charge is 0.345 e. The van der Waals surface area contributed by atoms with Crippen LogP contribution in [-0.2, 0) is 15.6 Å². The molecule has 0 radical (unpaired) electrons. The van der Waals surface area contributed by atoms with Crippen molar-refractivity contribution >= 4 is 15.7 Å². The second-order valence-corrected chi connectivity index (χ2v) is 8.24. The van der Waals surface area contributed by atoms with Crippen molar-refractivity contribution in [1.82, 2.24) is 15.5 Å². The molecule has 1 aliphatic carbocycles. The molecule has 0 spiro atoms. The Morgan fingerprint density at radius 3 is 2.48 bits per heavy atom. The van der Waals surface area contributed by atoms with E-state index in [1.807, 2.05) is 0 Å². The highest BCUT2D eigenvalue weighted by atomic mass is 32.2. The Labute approximate surface area is 146 Å². The standard InChI is InChI=1S/C17H21N3O4S/c21-16(18-13-8-4-1-2-5-9-13)17-19-15(20-24-17)12-25(22,23)14-10-6-3-7-11-14/h3,6-7,10-11,13H,1-2,4-5,8-9,12H2,(H,18,21). The highest BCUT2D eigenvalue weighted by Crippen LogP contribution is 2.18. The molecule has 25 heavy (non-hydrogen) atoms. The Morgan fingerprint density at radius 1 is 1.12 bits per heavy atom. The van der Waals surface area contributed by atoms with Gasteiger partial charge in [-0.3, -0.25) is 4.79 Å². The van der Waals surface area contributed by atoms with Gasteiger partial charge in [0, 0.05) is 6.04 Å². The second-order valence-electron chi connectivity index (χ2n) is 6.25. The summed E-state index contributed by atoms with van der Waals surface area (Å²) in [6.07, 6.45) is 6.44. The molecule has 0 unspecified atom stereocenters. The van der Waals surface area contributed by atoms with Gasteiger partial charge in [0.05, 0.1) is 4.90 Å². The molecule has 8 heteroatoms. The lowest BCUT2D eigenvalue weighted by Gasteiger charge is -2.14. The Hall–Kier alpha value is -2.22. The summed E-state index contributed by atoms with van der Waals surface area (Å²) < 4.78 is 29.6. The number of amides is 1. The average Bonchev–Trinajstić information content (AvgIpc) is 2.91. The molecule has 1 amide bonds. The van der Waals surface area contributed by atoms with Crippen LogP contribution in [0.2, 0.25) is 0 Å². The van der Waals surface area contributed by atoms with Crippen LogP contribution in [0.3, 0.4) is 0 Å². The summed E-state index contributed by atoms with van der Waals surface area (Å²) in [5.74, 6) is -1.06. The quantitative estimate of drug-likeness (QED) is 0.819. The number of hydrogen-bond donors (Lipinski definition) is 1. The van der Waals surface area contributed by atoms with E-state index in [-0.39, 0.29) is 22.7 Å². The van der Waals surface area contributed by atoms with Gasteiger partial charge in [0.1, 0.15) is 5.75 Å². The van der Waals surface area contributed by atoms with Crippen LogP contribution in [0.5, 0.6) is 0 Å². The summed E-state index contributed by atoms with van der Waals surface area (Å²) in [4.78, 5) is 16.3. The SMILES string of the molecule is O=C(NC1CCCCCC1)c1nc(CS(=O)(=O)c2ccccc2)no1. The van der Waals surface area contributed by atoms with Crippen molar-refractivity contribution in [2.24, 2.45) is 0 Å². The van der Waals surface area contributed by atoms with Gasteiger partial charge >= 0.3 is 11.8 Å². The predicted molar refractivity (Wildman–Crippen MR) is 90.6 cm³/mol. The minimum Gasteiger partial charge on any atom is -0.345 e. The van der Waals surface area contributed by atoms with Crippen molar-refractivity contribution in [3.05, 3.63) is 42.0 Å². The first-order valence-electron chi connectivity index (χ1n) is 8.46. The minimum absolute atomic E-state index is 0.0186. The zero-order valence-electron chi connectivity index (χ0n) is 13.8. The molecule has 1 aromatic carbocycles. The van der Waals surface area contributed by atoms with E-state index in [1.54, 1.807) is 18.2 Å². The molecule has 1 saturated carbocycles. The van der Waals surface area contributed by atoms with Gasteiger partial charge in [0.2, 0.25) is 0 Å². The molecule has 1 N–H and O–H groups in total. The summed E-state index contributed by atoms with van der Waals surface area (Å²) in [6.45, 7) is 0. The minimum atomic E-state index is -3.57. The maximum absolute atomic E-state index is 12.3. The summed E-state index contributed by atoms with van der Waals surface area (Å²) in [5.41, 5.74) is 0. The lowest BCUT2D eigenvalue weighted by atomic mass is 10.1. The van der Waals surface area contributed by atoms with Crippen LogP contribution in [0.4, 0.5) is 0 Å². The van der Waals surface area contributed by atoms with E-state index in [9.17, 15) is 13.2 Å². The maximum Gasteiger partial charge on any atom is 0.315 e. The third kappa shape index (κ3) is 4.66. The molecule has 7 nitrogen and oxygen atoms in total. The fourth-order valence-corrected chi connectivity index (χ4v) is 4.15. The molecule has 0 aliphatic heterocycles. The number of nitrogens with one attached hydrogen (secondary N) is 1. The van der Waals surface area contributed by atoms with Gasteiger partial charge < -0.3 is 9.84 Å². The molecular weight excluding hydrogens is 342 g/mol. The predicted octanol–water partition coefficient (Wildman–Crippen LogP) is 2.50. The van der Waals surface area contributed by atoms with Crippen molar-refractivity contribution in [2.75, 3.05) is 0 Å². The molecule has 1 heterocycles. The Balaban J connectivity index is 1.64. The van der Waals surface area contributed by atoms with Crippen LogP contribution in [0, 0.1) is 0 Å². The zero-order valence-corrected chi connectivity index (χ0v) is 14.7. The van der Waals surface area contributed by atoms with Crippen molar-refractivity contribution < 1.29 is 17.7 Å². The second kappa shape index (κ2) is 7.77. The molecule has 1 aliphatic rings. The average molecular weight is 363 g/mol. The normalized spacial score (nSPS) is 16.3. The van der Waals surface area contributed by atoms with Crippen LogP contribution in [0.15, 0.2) is 39.8 Å². The van der Waals surface area contributed by atoms with E-state index in [0.717, 1.165) is 25.7 Å². The van der Waals surface area contributed by atoms with Gasteiger partial charge in [-0.2, -0.15) is 4.98 Å². The van der Waals surface area contributed by atoms with E-state index in [4.69, 9.17) is 4.52 Å². The van der Waals surface area contributed by atoms with E-state index >= 15 is 0 Å². The molecule has 1 fully saturated rings. The number of carbonyl (C=O) groups is 1. The topological polar surface area (TPSA) is 102 Å². The summed E-state index contributed by atoms with van der Waals surface area (Å²) >= 11 is 0. The summed E-state index contributed by atoms with van der Waals surface area (Å²) in [7, 11) is -3.57. The van der Waals surface area contributed by atoms with E-state index in [1.165, 1.54) is 25.0 Å². The first-order valence-corrected chi connectivity index (χ1v) is 10.1. The van der Waals surface area contributed by atoms with E-state index in [2.05, 4.69) is 15.5 Å². The van der Waals surface area contributed by atoms with Gasteiger partial charge in [0.25, 0.3) is 0 Å². The molecule has 134 valence electrons. The molecule has 0 bridgehead atoms. The van der Waals surface area contributed by atoms with Crippen LogP contribution < -0.4 is 5.32 Å². The molecular formula is C17H21N3O4S. The summed E-state index contributed by atoms with van der Waals surface area (Å²) in [6, 6.07) is 8.16. The van der Waals surface area contributed by atoms with Crippen molar-refractivity contribution in [3.8, 4) is 0 Å². The van der Waals surface area contributed by atoms with E-state index in [0.29, 0.717) is 0 Å². The maximum atomic E-state index is 12.3. The lowest BCUT2D eigenvalue weighted by Crippen LogP contribution is -2.34. The lowest BCUT2D eigenvalue weighted by molar-refractivity contribution is 0.0889. The number of rotatable bonds is 5. The number of carbonyl (C=O) groups excluding carboxylic acids is 1.